The second-order valence-corrected chi connectivity index (χ2v) is 5.63. The molecule has 0 saturated carbocycles. The summed E-state index contributed by atoms with van der Waals surface area (Å²) in [4.78, 5) is 2.59. The van der Waals surface area contributed by atoms with E-state index in [4.69, 9.17) is 5.73 Å². The maximum atomic E-state index is 9.44. The Bertz CT molecular complexity index is 390. The molecule has 0 bridgehead atoms. The maximum Gasteiger partial charge on any atom is 0.115 e. The van der Waals surface area contributed by atoms with Gasteiger partial charge < -0.3 is 10.8 Å². The quantitative estimate of drug-likeness (QED) is 0.877. The van der Waals surface area contributed by atoms with Gasteiger partial charge >= 0.3 is 0 Å². The van der Waals surface area contributed by atoms with Gasteiger partial charge in [-0.2, -0.15) is 0 Å². The number of aromatic hydroxyl groups is 1. The molecule has 3 N–H and O–H groups in total. The fourth-order valence-electron chi connectivity index (χ4n) is 3.42. The molecule has 0 aromatic heterocycles. The summed E-state index contributed by atoms with van der Waals surface area (Å²) >= 11 is 0. The Labute approximate surface area is 116 Å². The first kappa shape index (κ1) is 14.4. The largest absolute Gasteiger partial charge is 0.508 e. The second-order valence-electron chi connectivity index (χ2n) is 5.63. The summed E-state index contributed by atoms with van der Waals surface area (Å²) < 4.78 is 0. The van der Waals surface area contributed by atoms with Crippen LogP contribution in [0, 0.1) is 0 Å². The van der Waals surface area contributed by atoms with E-state index in [0.29, 0.717) is 23.9 Å². The van der Waals surface area contributed by atoms with Gasteiger partial charge in [0, 0.05) is 24.7 Å². The number of hydrogen-bond donors (Lipinski definition) is 2. The van der Waals surface area contributed by atoms with Crippen LogP contribution in [0.25, 0.3) is 0 Å². The van der Waals surface area contributed by atoms with Gasteiger partial charge in [-0.1, -0.05) is 25.5 Å². The highest BCUT2D eigenvalue weighted by molar-refractivity contribution is 5.28. The van der Waals surface area contributed by atoms with Crippen molar-refractivity contribution in [2.75, 3.05) is 6.54 Å². The number of benzene rings is 1. The zero-order chi connectivity index (χ0) is 13.8. The lowest BCUT2D eigenvalue weighted by molar-refractivity contribution is 0.0472. The standard InChI is InChI=1S/C16H26N2O/c1-3-16(13-7-9-15(19)10-8-13)18-12(2)5-4-6-14(18)11-17/h7-10,12,14,16,19H,3-6,11,17H2,1-2H3. The van der Waals surface area contributed by atoms with Gasteiger partial charge in [0.1, 0.15) is 5.75 Å². The molecule has 19 heavy (non-hydrogen) atoms. The zero-order valence-electron chi connectivity index (χ0n) is 12.0. The number of nitrogens with two attached hydrogens (primary N) is 1. The summed E-state index contributed by atoms with van der Waals surface area (Å²) in [5.74, 6) is 0.334. The van der Waals surface area contributed by atoms with Gasteiger partial charge in [-0.05, 0) is 43.9 Å². The summed E-state index contributed by atoms with van der Waals surface area (Å²) in [6.07, 6.45) is 4.82. The highest BCUT2D eigenvalue weighted by atomic mass is 16.3. The summed E-state index contributed by atoms with van der Waals surface area (Å²) in [6, 6.07) is 9.12. The fraction of sp³-hybridized carbons (Fsp3) is 0.625. The summed E-state index contributed by atoms with van der Waals surface area (Å²) in [6.45, 7) is 5.27. The molecule has 3 heteroatoms. The number of piperidine rings is 1. The van der Waals surface area contributed by atoms with Crippen LogP contribution in [0.1, 0.15) is 51.1 Å². The minimum absolute atomic E-state index is 0.334. The number of phenols is 1. The van der Waals surface area contributed by atoms with Crippen LogP contribution >= 0.6 is 0 Å². The SMILES string of the molecule is CCC(c1ccc(O)cc1)N1C(C)CCCC1CN. The van der Waals surface area contributed by atoms with Gasteiger partial charge in [-0.15, -0.1) is 0 Å². The van der Waals surface area contributed by atoms with E-state index in [1.807, 2.05) is 12.1 Å². The van der Waals surface area contributed by atoms with E-state index < -0.39 is 0 Å². The Balaban J connectivity index is 2.25. The number of rotatable bonds is 4. The van der Waals surface area contributed by atoms with E-state index in [9.17, 15) is 5.11 Å². The predicted octanol–water partition coefficient (Wildman–Crippen LogP) is 3.04. The topological polar surface area (TPSA) is 49.5 Å². The lowest BCUT2D eigenvalue weighted by atomic mass is 9.91. The molecule has 1 heterocycles. The number of phenolic OH excluding ortho intramolecular Hbond substituents is 1. The molecule has 1 aromatic rings. The van der Waals surface area contributed by atoms with E-state index in [1.54, 1.807) is 12.1 Å². The molecule has 1 aromatic carbocycles. The van der Waals surface area contributed by atoms with Crippen LogP contribution < -0.4 is 5.73 Å². The molecule has 3 nitrogen and oxygen atoms in total. The van der Waals surface area contributed by atoms with Crippen molar-refractivity contribution in [3.63, 3.8) is 0 Å². The van der Waals surface area contributed by atoms with Crippen molar-refractivity contribution in [3.05, 3.63) is 29.8 Å². The third kappa shape index (κ3) is 3.10. The Morgan fingerprint density at radius 3 is 2.58 bits per heavy atom. The molecule has 1 fully saturated rings. The average Bonchev–Trinajstić information content (AvgIpc) is 2.43. The van der Waals surface area contributed by atoms with Crippen molar-refractivity contribution >= 4 is 0 Å². The zero-order valence-corrected chi connectivity index (χ0v) is 12.0. The van der Waals surface area contributed by atoms with E-state index in [-0.39, 0.29) is 0 Å². The molecule has 0 radical (unpaired) electrons. The summed E-state index contributed by atoms with van der Waals surface area (Å²) in [5, 5.41) is 9.44. The van der Waals surface area contributed by atoms with Crippen molar-refractivity contribution in [3.8, 4) is 5.75 Å². The maximum absolute atomic E-state index is 9.44. The molecular weight excluding hydrogens is 236 g/mol. The second kappa shape index (κ2) is 6.40. The van der Waals surface area contributed by atoms with Crippen LogP contribution in [0.5, 0.6) is 5.75 Å². The van der Waals surface area contributed by atoms with Crippen molar-refractivity contribution in [1.29, 1.82) is 0 Å². The lowest BCUT2D eigenvalue weighted by Gasteiger charge is -2.45. The molecule has 2 rings (SSSR count). The van der Waals surface area contributed by atoms with Gasteiger partial charge in [-0.25, -0.2) is 0 Å². The van der Waals surface area contributed by atoms with Crippen molar-refractivity contribution in [2.24, 2.45) is 5.73 Å². The van der Waals surface area contributed by atoms with Gasteiger partial charge in [-0.3, -0.25) is 4.90 Å². The molecule has 1 aliphatic rings. The highest BCUT2D eigenvalue weighted by Gasteiger charge is 2.32. The lowest BCUT2D eigenvalue weighted by Crippen LogP contribution is -2.50. The van der Waals surface area contributed by atoms with Gasteiger partial charge in [0.15, 0.2) is 0 Å². The van der Waals surface area contributed by atoms with Crippen molar-refractivity contribution in [1.82, 2.24) is 4.90 Å². The van der Waals surface area contributed by atoms with E-state index in [1.165, 1.54) is 24.8 Å². The predicted molar refractivity (Wildman–Crippen MR) is 79.1 cm³/mol. The average molecular weight is 262 g/mol. The fourth-order valence-corrected chi connectivity index (χ4v) is 3.42. The minimum atomic E-state index is 0.334. The first-order chi connectivity index (χ1) is 9.17. The van der Waals surface area contributed by atoms with Gasteiger partial charge in [0.25, 0.3) is 0 Å². The van der Waals surface area contributed by atoms with Crippen LogP contribution in [0.3, 0.4) is 0 Å². The van der Waals surface area contributed by atoms with Crippen LogP contribution in [0.4, 0.5) is 0 Å². The summed E-state index contributed by atoms with van der Waals surface area (Å²) in [5.41, 5.74) is 7.25. The summed E-state index contributed by atoms with van der Waals surface area (Å²) in [7, 11) is 0. The smallest absolute Gasteiger partial charge is 0.115 e. The van der Waals surface area contributed by atoms with Crippen LogP contribution in [-0.4, -0.2) is 28.6 Å². The molecule has 106 valence electrons. The monoisotopic (exact) mass is 262 g/mol. The molecule has 0 amide bonds. The van der Waals surface area contributed by atoms with Crippen LogP contribution in [0.2, 0.25) is 0 Å². The van der Waals surface area contributed by atoms with E-state index >= 15 is 0 Å². The Morgan fingerprint density at radius 1 is 1.32 bits per heavy atom. The molecule has 0 spiro atoms. The molecule has 1 saturated heterocycles. The Kier molecular flexibility index (Phi) is 4.83. The third-order valence-electron chi connectivity index (χ3n) is 4.39. The van der Waals surface area contributed by atoms with Crippen molar-refractivity contribution in [2.45, 2.75) is 57.7 Å². The highest BCUT2D eigenvalue weighted by Crippen LogP contribution is 2.34. The normalized spacial score (nSPS) is 26.3. The molecule has 0 aliphatic carbocycles. The third-order valence-corrected chi connectivity index (χ3v) is 4.39. The Morgan fingerprint density at radius 2 is 2.00 bits per heavy atom. The van der Waals surface area contributed by atoms with E-state index in [2.05, 4.69) is 18.7 Å². The van der Waals surface area contributed by atoms with Crippen molar-refractivity contribution < 1.29 is 5.11 Å². The Hall–Kier alpha value is -1.06. The number of hydrogen-bond acceptors (Lipinski definition) is 3. The first-order valence-electron chi connectivity index (χ1n) is 7.43. The molecule has 1 aliphatic heterocycles. The van der Waals surface area contributed by atoms with Gasteiger partial charge in [0.2, 0.25) is 0 Å². The molecule has 3 atom stereocenters. The number of nitrogens with zero attached hydrogens (tertiary/aromatic N) is 1. The minimum Gasteiger partial charge on any atom is -0.508 e. The van der Waals surface area contributed by atoms with Gasteiger partial charge in [0.05, 0.1) is 0 Å². The molecule has 3 unspecified atom stereocenters. The molecular formula is C16H26N2O. The van der Waals surface area contributed by atoms with Crippen LogP contribution in [0.15, 0.2) is 24.3 Å². The van der Waals surface area contributed by atoms with E-state index in [0.717, 1.165) is 13.0 Å². The number of likely N-dealkylation sites (tertiary alicyclic amines) is 1. The first-order valence-corrected chi connectivity index (χ1v) is 7.43. The van der Waals surface area contributed by atoms with Crippen LogP contribution in [-0.2, 0) is 0 Å².